The lowest BCUT2D eigenvalue weighted by Crippen LogP contribution is -2.63. The zero-order valence-corrected chi connectivity index (χ0v) is 15.3. The lowest BCUT2D eigenvalue weighted by molar-refractivity contribution is 0.254. The van der Waals surface area contributed by atoms with E-state index in [4.69, 9.17) is 0 Å². The Kier molecular flexibility index (Phi) is 17.2. The van der Waals surface area contributed by atoms with E-state index in [1.807, 2.05) is 0 Å². The van der Waals surface area contributed by atoms with Crippen LogP contribution in [0.3, 0.4) is 0 Å². The molecule has 0 radical (unpaired) electrons. The third-order valence-electron chi connectivity index (χ3n) is 4.34. The predicted octanol–water partition coefficient (Wildman–Crippen LogP) is 1.58. The van der Waals surface area contributed by atoms with E-state index in [9.17, 15) is 0 Å². The fraction of sp³-hybridized carbons (Fsp3) is 1.00. The summed E-state index contributed by atoms with van der Waals surface area (Å²) in [7, 11) is 0. The lowest BCUT2D eigenvalue weighted by Gasteiger charge is -2.13. The van der Waals surface area contributed by atoms with Crippen LogP contribution in [0, 0.1) is 0 Å². The van der Waals surface area contributed by atoms with Crippen LogP contribution in [0.5, 0.6) is 0 Å². The highest BCUT2D eigenvalue weighted by Gasteiger charge is 1.95. The molecule has 0 aromatic rings. The summed E-state index contributed by atoms with van der Waals surface area (Å²) >= 11 is 0. The van der Waals surface area contributed by atoms with Gasteiger partial charge in [0.25, 0.3) is 0 Å². The number of hydrazine groups is 7. The first-order chi connectivity index (χ1) is 12.0. The van der Waals surface area contributed by atoms with Crippen molar-refractivity contribution in [1.82, 2.24) is 44.1 Å². The van der Waals surface area contributed by atoms with Gasteiger partial charge < -0.3 is 0 Å². The number of rotatable bonds is 0. The molecule has 1 fully saturated rings. The van der Waals surface area contributed by atoms with Gasteiger partial charge in [-0.05, 0) is 12.8 Å². The molecule has 0 unspecified atom stereocenters. The van der Waals surface area contributed by atoms with Crippen LogP contribution in [0.2, 0.25) is 0 Å². The van der Waals surface area contributed by atoms with E-state index in [2.05, 4.69) is 44.1 Å². The largest absolute Gasteiger partial charge is 0.243 e. The van der Waals surface area contributed by atoms with Crippen molar-refractivity contribution in [2.45, 2.75) is 89.9 Å². The Balaban J connectivity index is 2.00. The lowest BCUT2D eigenvalue weighted by atomic mass is 10.0. The van der Waals surface area contributed by atoms with Gasteiger partial charge in [0.1, 0.15) is 0 Å². The van der Waals surface area contributed by atoms with Gasteiger partial charge in [-0.25, -0.2) is 10.9 Å². The van der Waals surface area contributed by atoms with Crippen LogP contribution in [0.1, 0.15) is 89.9 Å². The summed E-state index contributed by atoms with van der Waals surface area (Å²) in [6.45, 7) is 1.92. The van der Waals surface area contributed by atoms with Gasteiger partial charge in [-0.15, -0.1) is 0 Å². The van der Waals surface area contributed by atoms with Gasteiger partial charge in [-0.2, -0.15) is 33.2 Å². The normalized spacial score (nSPS) is 24.0. The number of hydrogen-bond donors (Lipinski definition) is 8. The number of nitrogens with one attached hydrogen (secondary N) is 8. The molecule has 24 heavy (non-hydrogen) atoms. The van der Waals surface area contributed by atoms with Gasteiger partial charge in [0.15, 0.2) is 0 Å². The van der Waals surface area contributed by atoms with E-state index in [-0.39, 0.29) is 0 Å². The van der Waals surface area contributed by atoms with Crippen molar-refractivity contribution < 1.29 is 0 Å². The molecule has 1 aliphatic heterocycles. The Morgan fingerprint density at radius 1 is 0.250 bits per heavy atom. The molecule has 8 nitrogen and oxygen atoms in total. The van der Waals surface area contributed by atoms with Gasteiger partial charge in [-0.1, -0.05) is 77.0 Å². The van der Waals surface area contributed by atoms with Crippen LogP contribution in [0.15, 0.2) is 0 Å². The topological polar surface area (TPSA) is 96.2 Å². The van der Waals surface area contributed by atoms with Crippen molar-refractivity contribution >= 4 is 0 Å². The summed E-state index contributed by atoms with van der Waals surface area (Å²) in [5.41, 5.74) is 23.0. The maximum absolute atomic E-state index is 3.11. The van der Waals surface area contributed by atoms with Crippen LogP contribution in [0.25, 0.3) is 0 Å². The second kappa shape index (κ2) is 19.0. The maximum Gasteiger partial charge on any atom is 0.0113 e. The van der Waals surface area contributed by atoms with Crippen LogP contribution >= 0.6 is 0 Å². The minimum absolute atomic E-state index is 0.960. The summed E-state index contributed by atoms with van der Waals surface area (Å²) in [5, 5.41) is 0. The predicted molar refractivity (Wildman–Crippen MR) is 99.5 cm³/mol. The molecule has 0 amide bonds. The Hall–Kier alpha value is -0.320. The smallest absolute Gasteiger partial charge is 0.0113 e. The van der Waals surface area contributed by atoms with Crippen LogP contribution < -0.4 is 44.1 Å². The van der Waals surface area contributed by atoms with Gasteiger partial charge in [0.05, 0.1) is 0 Å². The molecular formula is C16H40N8. The van der Waals surface area contributed by atoms with Gasteiger partial charge >= 0.3 is 0 Å². The molecule has 8 heteroatoms. The Labute approximate surface area is 147 Å². The third-order valence-corrected chi connectivity index (χ3v) is 4.34. The van der Waals surface area contributed by atoms with Crippen LogP contribution in [0.4, 0.5) is 0 Å². The van der Waals surface area contributed by atoms with E-state index < -0.39 is 0 Å². The Morgan fingerprint density at radius 2 is 0.500 bits per heavy atom. The first-order valence-electron chi connectivity index (χ1n) is 9.96. The number of hydrogen-bond acceptors (Lipinski definition) is 8. The molecule has 0 aromatic carbocycles. The van der Waals surface area contributed by atoms with E-state index in [0.717, 1.165) is 13.1 Å². The van der Waals surface area contributed by atoms with Crippen molar-refractivity contribution in [2.24, 2.45) is 0 Å². The van der Waals surface area contributed by atoms with E-state index in [1.165, 1.54) is 89.9 Å². The highest BCUT2D eigenvalue weighted by molar-refractivity contribution is 4.50. The molecule has 0 saturated carbocycles. The van der Waals surface area contributed by atoms with Gasteiger partial charge in [-0.3, -0.25) is 0 Å². The summed E-state index contributed by atoms with van der Waals surface area (Å²) in [6.07, 6.45) is 19.1. The third kappa shape index (κ3) is 16.5. The highest BCUT2D eigenvalue weighted by atomic mass is 15.9. The second-order valence-electron chi connectivity index (χ2n) is 6.55. The van der Waals surface area contributed by atoms with Crippen molar-refractivity contribution in [1.29, 1.82) is 0 Å². The Morgan fingerprint density at radius 3 is 0.833 bits per heavy atom. The molecule has 1 saturated heterocycles. The highest BCUT2D eigenvalue weighted by Crippen LogP contribution is 2.12. The first kappa shape index (κ1) is 21.7. The molecule has 0 spiro atoms. The summed E-state index contributed by atoms with van der Waals surface area (Å²) in [5.74, 6) is 0. The summed E-state index contributed by atoms with van der Waals surface area (Å²) in [4.78, 5) is 0. The second-order valence-corrected chi connectivity index (χ2v) is 6.55. The molecular weight excluding hydrogens is 304 g/mol. The quantitative estimate of drug-likeness (QED) is 0.336. The molecule has 1 heterocycles. The zero-order valence-electron chi connectivity index (χ0n) is 15.3. The average molecular weight is 345 g/mol. The molecule has 0 atom stereocenters. The van der Waals surface area contributed by atoms with E-state index in [0.29, 0.717) is 0 Å². The fourth-order valence-corrected chi connectivity index (χ4v) is 2.89. The zero-order chi connectivity index (χ0) is 17.0. The standard InChI is InChI=1S/C16H40N8/c1-2-4-6-8-10-12-14-16-18-20-22-24-23-21-19-17-15-13-11-9-7-5-3-1/h17-24H,1-16H2. The van der Waals surface area contributed by atoms with Crippen LogP contribution in [-0.2, 0) is 0 Å². The van der Waals surface area contributed by atoms with Crippen molar-refractivity contribution in [3.05, 3.63) is 0 Å². The fourth-order valence-electron chi connectivity index (χ4n) is 2.89. The molecule has 8 N–H and O–H groups in total. The van der Waals surface area contributed by atoms with Crippen molar-refractivity contribution in [3.63, 3.8) is 0 Å². The summed E-state index contributed by atoms with van der Waals surface area (Å²) < 4.78 is 0. The van der Waals surface area contributed by atoms with Crippen LogP contribution in [-0.4, -0.2) is 13.1 Å². The molecule has 0 bridgehead atoms. The monoisotopic (exact) mass is 344 g/mol. The minimum atomic E-state index is 0.960. The van der Waals surface area contributed by atoms with Crippen molar-refractivity contribution in [3.8, 4) is 0 Å². The summed E-state index contributed by atoms with van der Waals surface area (Å²) in [6, 6.07) is 0. The molecule has 1 aliphatic rings. The first-order valence-corrected chi connectivity index (χ1v) is 9.96. The SMILES string of the molecule is C1CCCCCCCCNNNNNNNNCCCCCCC1. The van der Waals surface area contributed by atoms with Crippen molar-refractivity contribution in [2.75, 3.05) is 13.1 Å². The average Bonchev–Trinajstić information content (AvgIpc) is 2.59. The molecule has 0 aromatic heterocycles. The van der Waals surface area contributed by atoms with Gasteiger partial charge in [0, 0.05) is 13.1 Å². The van der Waals surface area contributed by atoms with E-state index in [1.54, 1.807) is 0 Å². The van der Waals surface area contributed by atoms with Gasteiger partial charge in [0.2, 0.25) is 0 Å². The molecule has 144 valence electrons. The maximum atomic E-state index is 3.11. The van der Waals surface area contributed by atoms with E-state index >= 15 is 0 Å². The molecule has 1 rings (SSSR count). The minimum Gasteiger partial charge on any atom is -0.243 e. The Bertz CT molecular complexity index is 132. The molecule has 0 aliphatic carbocycles.